The van der Waals surface area contributed by atoms with Gasteiger partial charge in [-0.25, -0.2) is 9.59 Å². The number of carbonyl (C=O) groups excluding carboxylic acids is 2. The SMILES string of the molecule is COc1ccccc1CN1C(=O)N(c2cccc(C(F)(F)F)c2)[C@@H](N(O)C(=O)Nc2cccc(C(F)(F)F)c2)C1(C)C. The molecule has 0 unspecified atom stereocenters. The average Bonchev–Trinajstić information content (AvgIpc) is 3.12. The molecule has 0 aromatic heterocycles. The molecule has 8 nitrogen and oxygen atoms in total. The van der Waals surface area contributed by atoms with Crippen molar-refractivity contribution in [1.29, 1.82) is 0 Å². The number of amides is 4. The van der Waals surface area contributed by atoms with E-state index in [2.05, 4.69) is 5.32 Å². The van der Waals surface area contributed by atoms with E-state index >= 15 is 0 Å². The zero-order valence-corrected chi connectivity index (χ0v) is 22.5. The Balaban J connectivity index is 1.76. The molecule has 0 aliphatic carbocycles. The van der Waals surface area contributed by atoms with E-state index in [4.69, 9.17) is 4.74 Å². The van der Waals surface area contributed by atoms with Gasteiger partial charge in [-0.15, -0.1) is 0 Å². The molecule has 0 spiro atoms. The highest BCUT2D eigenvalue weighted by molar-refractivity contribution is 5.98. The minimum Gasteiger partial charge on any atom is -0.496 e. The zero-order chi connectivity index (χ0) is 31.0. The van der Waals surface area contributed by atoms with Crippen LogP contribution in [0.1, 0.15) is 30.5 Å². The quantitative estimate of drug-likeness (QED) is 0.179. The average molecular weight is 597 g/mol. The van der Waals surface area contributed by atoms with E-state index in [1.807, 2.05) is 0 Å². The van der Waals surface area contributed by atoms with Crippen molar-refractivity contribution in [2.75, 3.05) is 17.3 Å². The first-order chi connectivity index (χ1) is 19.6. The Morgan fingerprint density at radius 2 is 1.55 bits per heavy atom. The maximum Gasteiger partial charge on any atom is 0.416 e. The largest absolute Gasteiger partial charge is 0.496 e. The number of hydrogen-bond acceptors (Lipinski definition) is 4. The lowest BCUT2D eigenvalue weighted by Gasteiger charge is -2.38. The van der Waals surface area contributed by atoms with Crippen LogP contribution in [0.4, 0.5) is 47.3 Å². The van der Waals surface area contributed by atoms with Crippen LogP contribution in [0.2, 0.25) is 0 Å². The number of anilines is 2. The number of ether oxygens (including phenoxy) is 1. The number of para-hydroxylation sites is 1. The number of halogens is 6. The van der Waals surface area contributed by atoms with Gasteiger partial charge >= 0.3 is 24.4 Å². The number of nitrogens with one attached hydrogen (secondary N) is 1. The fraction of sp³-hybridized carbons (Fsp3) is 0.286. The number of urea groups is 2. The van der Waals surface area contributed by atoms with Gasteiger partial charge in [0.2, 0.25) is 0 Å². The van der Waals surface area contributed by atoms with Crippen LogP contribution >= 0.6 is 0 Å². The predicted molar refractivity (Wildman–Crippen MR) is 140 cm³/mol. The summed E-state index contributed by atoms with van der Waals surface area (Å²) in [7, 11) is 1.42. The summed E-state index contributed by atoms with van der Waals surface area (Å²) in [6, 6.07) is 12.0. The molecule has 0 radical (unpaired) electrons. The van der Waals surface area contributed by atoms with Crippen molar-refractivity contribution in [3.05, 3.63) is 89.5 Å². The number of alkyl halides is 6. The van der Waals surface area contributed by atoms with Gasteiger partial charge in [0.05, 0.1) is 30.3 Å². The van der Waals surface area contributed by atoms with Gasteiger partial charge in [0.25, 0.3) is 0 Å². The molecular formula is C28H26F6N4O4. The van der Waals surface area contributed by atoms with Gasteiger partial charge in [-0.2, -0.15) is 31.4 Å². The summed E-state index contributed by atoms with van der Waals surface area (Å²) in [6.07, 6.45) is -11.1. The zero-order valence-electron chi connectivity index (χ0n) is 22.5. The molecule has 4 amide bonds. The van der Waals surface area contributed by atoms with Crippen molar-refractivity contribution in [3.63, 3.8) is 0 Å². The third-order valence-electron chi connectivity index (χ3n) is 6.86. The molecule has 0 bridgehead atoms. The molecule has 1 aliphatic heterocycles. The predicted octanol–water partition coefficient (Wildman–Crippen LogP) is 7.20. The molecule has 2 N–H and O–H groups in total. The number of rotatable bonds is 6. The second-order valence-corrected chi connectivity index (χ2v) is 9.98. The first kappa shape index (κ1) is 30.5. The van der Waals surface area contributed by atoms with Crippen molar-refractivity contribution >= 4 is 23.4 Å². The summed E-state index contributed by atoms with van der Waals surface area (Å²) in [5.74, 6) is 0.415. The van der Waals surface area contributed by atoms with Gasteiger partial charge in [0.15, 0.2) is 6.17 Å². The molecule has 3 aromatic rings. The standard InChI is InChI=1S/C28H26F6N4O4/c1-26(2)23(38(41)24(39)35-20-11-6-9-18(14-20)27(29,30)31)37(21-12-7-10-19(15-21)28(32,33)34)25(40)36(26)16-17-8-4-5-13-22(17)42-3/h4-15,23,41H,16H2,1-3H3,(H,35,39)/t23-/m0/s1. The smallest absolute Gasteiger partial charge is 0.416 e. The topological polar surface area (TPSA) is 85.3 Å². The highest BCUT2D eigenvalue weighted by Crippen LogP contribution is 2.41. The molecule has 1 aliphatic rings. The van der Waals surface area contributed by atoms with E-state index in [0.717, 1.165) is 35.2 Å². The Hall–Kier alpha value is -4.46. The van der Waals surface area contributed by atoms with Crippen LogP contribution in [0.25, 0.3) is 0 Å². The van der Waals surface area contributed by atoms with Crippen LogP contribution in [0.15, 0.2) is 72.8 Å². The first-order valence-corrected chi connectivity index (χ1v) is 12.4. The second-order valence-electron chi connectivity index (χ2n) is 9.98. The number of hydrogen-bond donors (Lipinski definition) is 2. The van der Waals surface area contributed by atoms with Gasteiger partial charge in [0.1, 0.15) is 5.75 Å². The molecule has 14 heteroatoms. The summed E-state index contributed by atoms with van der Waals surface area (Å²) in [5.41, 5.74) is -3.66. The molecule has 3 aromatic carbocycles. The van der Waals surface area contributed by atoms with Gasteiger partial charge in [0, 0.05) is 16.9 Å². The lowest BCUT2D eigenvalue weighted by Crippen LogP contribution is -2.58. The Bertz CT molecular complexity index is 1480. The molecule has 0 saturated carbocycles. The molecule has 42 heavy (non-hydrogen) atoms. The summed E-state index contributed by atoms with van der Waals surface area (Å²) < 4.78 is 85.6. The van der Waals surface area contributed by atoms with Crippen LogP contribution in [0.3, 0.4) is 0 Å². The van der Waals surface area contributed by atoms with Crippen LogP contribution in [-0.4, -0.2) is 46.0 Å². The van der Waals surface area contributed by atoms with Crippen molar-refractivity contribution in [1.82, 2.24) is 9.96 Å². The summed E-state index contributed by atoms with van der Waals surface area (Å²) in [6.45, 7) is 2.85. The maximum absolute atomic E-state index is 13.9. The van der Waals surface area contributed by atoms with E-state index in [0.29, 0.717) is 23.4 Å². The minimum atomic E-state index is -4.76. The van der Waals surface area contributed by atoms with E-state index < -0.39 is 47.2 Å². The Morgan fingerprint density at radius 3 is 2.17 bits per heavy atom. The summed E-state index contributed by atoms with van der Waals surface area (Å²) >= 11 is 0. The maximum atomic E-state index is 13.9. The molecule has 1 atom stereocenters. The monoisotopic (exact) mass is 596 g/mol. The Kier molecular flexibility index (Phi) is 8.05. The first-order valence-electron chi connectivity index (χ1n) is 12.4. The molecule has 224 valence electrons. The molecule has 4 rings (SSSR count). The van der Waals surface area contributed by atoms with Crippen molar-refractivity contribution < 1.29 is 45.9 Å². The minimum absolute atomic E-state index is 0.0840. The Morgan fingerprint density at radius 1 is 0.952 bits per heavy atom. The molecule has 1 fully saturated rings. The van der Waals surface area contributed by atoms with Gasteiger partial charge < -0.3 is 15.0 Å². The highest BCUT2D eigenvalue weighted by Gasteiger charge is 2.56. The van der Waals surface area contributed by atoms with Gasteiger partial charge in [-0.1, -0.05) is 30.3 Å². The number of benzene rings is 3. The van der Waals surface area contributed by atoms with E-state index in [9.17, 15) is 41.1 Å². The fourth-order valence-electron chi connectivity index (χ4n) is 4.77. The van der Waals surface area contributed by atoms with Crippen molar-refractivity contribution in [2.45, 2.75) is 44.4 Å². The van der Waals surface area contributed by atoms with E-state index in [-0.39, 0.29) is 23.0 Å². The van der Waals surface area contributed by atoms with Crippen LogP contribution in [0, 0.1) is 0 Å². The number of methoxy groups -OCH3 is 1. The van der Waals surface area contributed by atoms with E-state index in [1.54, 1.807) is 24.3 Å². The normalized spacial score (nSPS) is 16.9. The van der Waals surface area contributed by atoms with E-state index in [1.165, 1.54) is 31.9 Å². The van der Waals surface area contributed by atoms with Crippen molar-refractivity contribution in [2.24, 2.45) is 0 Å². The van der Waals surface area contributed by atoms with Crippen LogP contribution < -0.4 is 15.0 Å². The third-order valence-corrected chi connectivity index (χ3v) is 6.86. The number of carbonyl (C=O) groups is 2. The van der Waals surface area contributed by atoms with Crippen LogP contribution in [0.5, 0.6) is 5.75 Å². The fourth-order valence-corrected chi connectivity index (χ4v) is 4.77. The van der Waals surface area contributed by atoms with Crippen molar-refractivity contribution in [3.8, 4) is 5.75 Å². The number of hydroxylamine groups is 2. The highest BCUT2D eigenvalue weighted by atomic mass is 19.4. The summed E-state index contributed by atoms with van der Waals surface area (Å²) in [4.78, 5) is 29.1. The lowest BCUT2D eigenvalue weighted by molar-refractivity contribution is -0.138. The lowest BCUT2D eigenvalue weighted by atomic mass is 9.98. The van der Waals surface area contributed by atoms with Gasteiger partial charge in [-0.3, -0.25) is 10.1 Å². The molecule has 1 saturated heterocycles. The van der Waals surface area contributed by atoms with Gasteiger partial charge in [-0.05, 0) is 56.3 Å². The number of nitrogens with zero attached hydrogens (tertiary/aromatic N) is 3. The molecular weight excluding hydrogens is 570 g/mol. The Labute approximate surface area is 236 Å². The second kappa shape index (κ2) is 11.1. The van der Waals surface area contributed by atoms with Crippen LogP contribution in [-0.2, 0) is 18.9 Å². The molecule has 1 heterocycles. The summed E-state index contributed by atoms with van der Waals surface area (Å²) in [5, 5.41) is 13.4. The third kappa shape index (κ3) is 5.93.